The fraction of sp³-hybridized carbons (Fsp3) is 0.348. The number of nitrogens with one attached hydrogen (secondary N) is 2. The van der Waals surface area contributed by atoms with Crippen LogP contribution < -0.4 is 15.5 Å². The molecule has 166 valence electrons. The Bertz CT molecular complexity index is 915. The van der Waals surface area contributed by atoms with Gasteiger partial charge in [0.15, 0.2) is 0 Å². The molecule has 2 rings (SSSR count). The number of carbonyl (C=O) groups excluding carboxylic acids is 2. The van der Waals surface area contributed by atoms with Gasteiger partial charge in [0.25, 0.3) is 11.8 Å². The SMILES string of the molecule is CCCOc1ccc(Cl)cc1C=NNC(=O)C(CC(C)C)NC(=O)c1ccc(Cl)cc1. The summed E-state index contributed by atoms with van der Waals surface area (Å²) in [4.78, 5) is 25.2. The summed E-state index contributed by atoms with van der Waals surface area (Å²) in [5.41, 5.74) is 3.57. The Balaban J connectivity index is 2.07. The highest BCUT2D eigenvalue weighted by Crippen LogP contribution is 2.21. The van der Waals surface area contributed by atoms with Gasteiger partial charge in [0.2, 0.25) is 0 Å². The van der Waals surface area contributed by atoms with Crippen molar-refractivity contribution in [3.63, 3.8) is 0 Å². The highest BCUT2D eigenvalue weighted by molar-refractivity contribution is 6.31. The summed E-state index contributed by atoms with van der Waals surface area (Å²) >= 11 is 11.9. The molecule has 2 N–H and O–H groups in total. The predicted octanol–water partition coefficient (Wildman–Crippen LogP) is 5.08. The van der Waals surface area contributed by atoms with Crippen LogP contribution in [0.2, 0.25) is 10.0 Å². The third-order valence-electron chi connectivity index (χ3n) is 4.25. The van der Waals surface area contributed by atoms with Gasteiger partial charge in [0, 0.05) is 21.2 Å². The number of hydrogen-bond acceptors (Lipinski definition) is 4. The number of amides is 2. The Morgan fingerprint density at radius 2 is 1.77 bits per heavy atom. The average Bonchev–Trinajstić information content (AvgIpc) is 2.72. The van der Waals surface area contributed by atoms with Crippen LogP contribution in [0, 0.1) is 5.92 Å². The van der Waals surface area contributed by atoms with Crippen LogP contribution in [0.15, 0.2) is 47.6 Å². The molecule has 0 aromatic heterocycles. The first-order valence-corrected chi connectivity index (χ1v) is 10.9. The lowest BCUT2D eigenvalue weighted by molar-refractivity contribution is -0.123. The lowest BCUT2D eigenvalue weighted by Gasteiger charge is -2.19. The zero-order chi connectivity index (χ0) is 22.8. The van der Waals surface area contributed by atoms with Gasteiger partial charge in [-0.1, -0.05) is 44.0 Å². The standard InChI is InChI=1S/C23H27Cl2N3O3/c1-4-11-31-21-10-9-19(25)13-17(21)14-26-28-23(30)20(12-15(2)3)27-22(29)16-5-7-18(24)8-6-16/h5-10,13-15,20H,4,11-12H2,1-3H3,(H,27,29)(H,28,30). The van der Waals surface area contributed by atoms with Crippen molar-refractivity contribution in [1.82, 2.24) is 10.7 Å². The van der Waals surface area contributed by atoms with E-state index >= 15 is 0 Å². The monoisotopic (exact) mass is 463 g/mol. The van der Waals surface area contributed by atoms with E-state index in [1.807, 2.05) is 20.8 Å². The van der Waals surface area contributed by atoms with E-state index in [1.54, 1.807) is 42.5 Å². The molecule has 8 heteroatoms. The van der Waals surface area contributed by atoms with Crippen molar-refractivity contribution in [2.24, 2.45) is 11.0 Å². The Morgan fingerprint density at radius 1 is 1.10 bits per heavy atom. The van der Waals surface area contributed by atoms with Crippen LogP contribution in [0.3, 0.4) is 0 Å². The molecule has 0 saturated carbocycles. The first-order chi connectivity index (χ1) is 14.8. The van der Waals surface area contributed by atoms with Crippen LogP contribution in [0.25, 0.3) is 0 Å². The summed E-state index contributed by atoms with van der Waals surface area (Å²) in [5, 5.41) is 7.87. The maximum atomic E-state index is 12.7. The molecule has 2 amide bonds. The fourth-order valence-corrected chi connectivity index (χ4v) is 3.06. The highest BCUT2D eigenvalue weighted by atomic mass is 35.5. The van der Waals surface area contributed by atoms with Gasteiger partial charge >= 0.3 is 0 Å². The third-order valence-corrected chi connectivity index (χ3v) is 4.73. The van der Waals surface area contributed by atoms with Crippen LogP contribution in [0.4, 0.5) is 0 Å². The van der Waals surface area contributed by atoms with Crippen molar-refractivity contribution in [3.05, 3.63) is 63.6 Å². The summed E-state index contributed by atoms with van der Waals surface area (Å²) < 4.78 is 5.68. The molecule has 0 aliphatic heterocycles. The van der Waals surface area contributed by atoms with E-state index < -0.39 is 11.9 Å². The quantitative estimate of drug-likeness (QED) is 0.380. The largest absolute Gasteiger partial charge is 0.493 e. The number of hydrazone groups is 1. The van der Waals surface area contributed by atoms with Gasteiger partial charge in [0.05, 0.1) is 12.8 Å². The molecule has 0 radical (unpaired) electrons. The van der Waals surface area contributed by atoms with Crippen LogP contribution in [-0.2, 0) is 4.79 Å². The maximum absolute atomic E-state index is 12.7. The van der Waals surface area contributed by atoms with Gasteiger partial charge in [-0.15, -0.1) is 0 Å². The first-order valence-electron chi connectivity index (χ1n) is 10.1. The van der Waals surface area contributed by atoms with Gasteiger partial charge < -0.3 is 10.1 Å². The first kappa shape index (κ1) is 24.7. The summed E-state index contributed by atoms with van der Waals surface area (Å²) in [5.74, 6) is 0.0445. The second kappa shape index (κ2) is 12.3. The Hall–Kier alpha value is -2.57. The summed E-state index contributed by atoms with van der Waals surface area (Å²) in [6, 6.07) is 10.9. The molecular formula is C23H27Cl2N3O3. The van der Waals surface area contributed by atoms with Crippen LogP contribution in [0.5, 0.6) is 5.75 Å². The molecule has 0 heterocycles. The number of hydrogen-bond donors (Lipinski definition) is 2. The zero-order valence-corrected chi connectivity index (χ0v) is 19.3. The van der Waals surface area contributed by atoms with E-state index in [4.69, 9.17) is 27.9 Å². The summed E-state index contributed by atoms with van der Waals surface area (Å²) in [7, 11) is 0. The minimum Gasteiger partial charge on any atom is -0.493 e. The molecular weight excluding hydrogens is 437 g/mol. The number of ether oxygens (including phenoxy) is 1. The zero-order valence-electron chi connectivity index (χ0n) is 17.8. The average molecular weight is 464 g/mol. The van der Waals surface area contributed by atoms with E-state index in [-0.39, 0.29) is 11.8 Å². The second-order valence-corrected chi connectivity index (χ2v) is 8.30. The topological polar surface area (TPSA) is 79.8 Å². The molecule has 1 atom stereocenters. The molecule has 0 fully saturated rings. The van der Waals surface area contributed by atoms with Crippen molar-refractivity contribution in [1.29, 1.82) is 0 Å². The molecule has 6 nitrogen and oxygen atoms in total. The van der Waals surface area contributed by atoms with Crippen LogP contribution in [0.1, 0.15) is 49.5 Å². The van der Waals surface area contributed by atoms with Crippen molar-refractivity contribution < 1.29 is 14.3 Å². The molecule has 1 unspecified atom stereocenters. The molecule has 0 saturated heterocycles. The van der Waals surface area contributed by atoms with Gasteiger partial charge in [-0.25, -0.2) is 5.43 Å². The maximum Gasteiger partial charge on any atom is 0.262 e. The molecule has 2 aromatic rings. The molecule has 2 aromatic carbocycles. The van der Waals surface area contributed by atoms with E-state index in [2.05, 4.69) is 15.8 Å². The van der Waals surface area contributed by atoms with E-state index in [9.17, 15) is 9.59 Å². The fourth-order valence-electron chi connectivity index (χ4n) is 2.75. The van der Waals surface area contributed by atoms with Gasteiger partial charge in [-0.05, 0) is 61.2 Å². The third kappa shape index (κ3) is 8.23. The number of carbonyl (C=O) groups is 2. The minimum absolute atomic E-state index is 0.187. The van der Waals surface area contributed by atoms with Crippen molar-refractivity contribution in [2.45, 2.75) is 39.7 Å². The van der Waals surface area contributed by atoms with Gasteiger partial charge in [-0.3, -0.25) is 9.59 Å². The molecule has 0 aliphatic carbocycles. The number of rotatable bonds is 10. The molecule has 0 spiro atoms. The normalized spacial score (nSPS) is 12.1. The van der Waals surface area contributed by atoms with Gasteiger partial charge in [0.1, 0.15) is 11.8 Å². The minimum atomic E-state index is -0.740. The van der Waals surface area contributed by atoms with Crippen molar-refractivity contribution in [3.8, 4) is 5.75 Å². The summed E-state index contributed by atoms with van der Waals surface area (Å²) in [6.07, 6.45) is 2.80. The predicted molar refractivity (Wildman–Crippen MR) is 125 cm³/mol. The van der Waals surface area contributed by atoms with E-state index in [0.29, 0.717) is 39.9 Å². The number of nitrogens with zero attached hydrogens (tertiary/aromatic N) is 1. The number of halogens is 2. The second-order valence-electron chi connectivity index (χ2n) is 7.43. The lowest BCUT2D eigenvalue weighted by Crippen LogP contribution is -2.46. The smallest absolute Gasteiger partial charge is 0.262 e. The molecule has 31 heavy (non-hydrogen) atoms. The summed E-state index contributed by atoms with van der Waals surface area (Å²) in [6.45, 7) is 6.52. The van der Waals surface area contributed by atoms with E-state index in [1.165, 1.54) is 6.21 Å². The molecule has 0 aliphatic rings. The Labute approximate surface area is 193 Å². The Morgan fingerprint density at radius 3 is 2.42 bits per heavy atom. The van der Waals surface area contributed by atoms with Crippen molar-refractivity contribution in [2.75, 3.05) is 6.61 Å². The highest BCUT2D eigenvalue weighted by Gasteiger charge is 2.22. The Kier molecular flexibility index (Phi) is 9.82. The lowest BCUT2D eigenvalue weighted by atomic mass is 10.0. The van der Waals surface area contributed by atoms with Crippen molar-refractivity contribution >= 4 is 41.2 Å². The van der Waals surface area contributed by atoms with E-state index in [0.717, 1.165) is 6.42 Å². The van der Waals surface area contributed by atoms with Crippen LogP contribution >= 0.6 is 23.2 Å². The number of benzene rings is 2. The van der Waals surface area contributed by atoms with Crippen LogP contribution in [-0.4, -0.2) is 30.7 Å². The molecule has 0 bridgehead atoms. The van der Waals surface area contributed by atoms with Gasteiger partial charge in [-0.2, -0.15) is 5.10 Å².